The number of carbonyl (C=O) groups excluding carboxylic acids is 1. The molecule has 0 saturated heterocycles. The molecule has 4 nitrogen and oxygen atoms in total. The largest absolute Gasteiger partial charge is 0.469 e. The van der Waals surface area contributed by atoms with Crippen molar-refractivity contribution in [3.63, 3.8) is 0 Å². The minimum absolute atomic E-state index is 0.0369. The van der Waals surface area contributed by atoms with Crippen LogP contribution in [0.15, 0.2) is 12.2 Å². The Morgan fingerprint density at radius 2 is 1.54 bits per heavy atom. The predicted octanol–water partition coefficient (Wildman–Crippen LogP) is 7.46. The summed E-state index contributed by atoms with van der Waals surface area (Å²) >= 11 is 0. The molecule has 10 atom stereocenters. The molecule has 37 heavy (non-hydrogen) atoms. The molecule has 5 rings (SSSR count). The molecule has 0 N–H and O–H groups in total. The van der Waals surface area contributed by atoms with E-state index in [1.807, 2.05) is 7.11 Å². The first-order valence-corrected chi connectivity index (χ1v) is 15.1. The van der Waals surface area contributed by atoms with Crippen LogP contribution in [0.4, 0.5) is 0 Å². The van der Waals surface area contributed by atoms with Crippen molar-refractivity contribution in [1.82, 2.24) is 0 Å². The van der Waals surface area contributed by atoms with Crippen molar-refractivity contribution < 1.29 is 19.0 Å². The van der Waals surface area contributed by atoms with Crippen molar-refractivity contribution in [3.05, 3.63) is 12.2 Å². The topological polar surface area (TPSA) is 44.8 Å². The maximum absolute atomic E-state index is 13.5. The summed E-state index contributed by atoms with van der Waals surface area (Å²) in [6.07, 6.45) is 12.0. The Balaban J connectivity index is 1.54. The lowest BCUT2D eigenvalue weighted by molar-refractivity contribution is -0.250. The van der Waals surface area contributed by atoms with Crippen LogP contribution in [-0.4, -0.2) is 40.0 Å². The molecule has 0 heterocycles. The van der Waals surface area contributed by atoms with Gasteiger partial charge in [-0.1, -0.05) is 41.2 Å². The molecular formula is C33H54O4. The molecule has 0 amide bonds. The molecule has 0 aromatic heterocycles. The van der Waals surface area contributed by atoms with Crippen LogP contribution in [-0.2, 0) is 19.0 Å². The van der Waals surface area contributed by atoms with E-state index in [4.69, 9.17) is 14.2 Å². The van der Waals surface area contributed by atoms with Crippen LogP contribution in [0.3, 0.4) is 0 Å². The zero-order chi connectivity index (χ0) is 27.0. The number of rotatable bonds is 5. The summed E-state index contributed by atoms with van der Waals surface area (Å²) < 4.78 is 17.2. The van der Waals surface area contributed by atoms with Gasteiger partial charge in [-0.3, -0.25) is 4.79 Å². The first-order valence-electron chi connectivity index (χ1n) is 15.1. The third kappa shape index (κ3) is 3.49. The fourth-order valence-electron chi connectivity index (χ4n) is 12.3. The first-order chi connectivity index (χ1) is 17.4. The van der Waals surface area contributed by atoms with Crippen molar-refractivity contribution in [3.8, 4) is 0 Å². The molecule has 5 aliphatic rings. The van der Waals surface area contributed by atoms with Crippen LogP contribution in [0.1, 0.15) is 98.8 Å². The zero-order valence-electron chi connectivity index (χ0n) is 25.1. The third-order valence-electron chi connectivity index (χ3n) is 14.1. The quantitative estimate of drug-likeness (QED) is 0.282. The maximum atomic E-state index is 13.5. The minimum Gasteiger partial charge on any atom is -0.469 e. The molecule has 0 bridgehead atoms. The second-order valence-corrected chi connectivity index (χ2v) is 15.2. The van der Waals surface area contributed by atoms with Crippen molar-refractivity contribution in [2.75, 3.05) is 27.9 Å². The number of methoxy groups -OCH3 is 3. The summed E-state index contributed by atoms with van der Waals surface area (Å²) in [5, 5.41) is 0. The summed E-state index contributed by atoms with van der Waals surface area (Å²) in [7, 11) is 5.28. The summed E-state index contributed by atoms with van der Waals surface area (Å²) in [6.45, 7) is 18.0. The average molecular weight is 515 g/mol. The maximum Gasteiger partial charge on any atom is 0.312 e. The first kappa shape index (κ1) is 27.7. The van der Waals surface area contributed by atoms with Crippen LogP contribution in [0, 0.1) is 56.7 Å². The van der Waals surface area contributed by atoms with E-state index in [1.54, 1.807) is 14.2 Å². The highest BCUT2D eigenvalue weighted by Gasteiger charge is 2.72. The molecule has 4 heteroatoms. The van der Waals surface area contributed by atoms with E-state index in [1.165, 1.54) is 44.1 Å². The van der Waals surface area contributed by atoms with Crippen molar-refractivity contribution >= 4 is 5.97 Å². The Hall–Kier alpha value is -0.870. The Bertz CT molecular complexity index is 925. The lowest BCUT2D eigenvalue weighted by Gasteiger charge is -2.72. The lowest BCUT2D eigenvalue weighted by Crippen LogP contribution is -2.67. The van der Waals surface area contributed by atoms with Crippen molar-refractivity contribution in [2.24, 2.45) is 56.7 Å². The van der Waals surface area contributed by atoms with Crippen molar-refractivity contribution in [2.45, 2.75) is 105 Å². The van der Waals surface area contributed by atoms with Gasteiger partial charge in [0, 0.05) is 14.2 Å². The fourth-order valence-corrected chi connectivity index (χ4v) is 12.3. The van der Waals surface area contributed by atoms with Gasteiger partial charge in [0.2, 0.25) is 0 Å². The van der Waals surface area contributed by atoms with Gasteiger partial charge >= 0.3 is 5.97 Å². The number of ether oxygens (including phenoxy) is 3. The van der Waals surface area contributed by atoms with Crippen molar-refractivity contribution in [1.29, 1.82) is 0 Å². The van der Waals surface area contributed by atoms with E-state index >= 15 is 0 Å². The molecule has 0 spiro atoms. The van der Waals surface area contributed by atoms with Gasteiger partial charge in [0.25, 0.3) is 0 Å². The van der Waals surface area contributed by atoms with Gasteiger partial charge in [-0.2, -0.15) is 0 Å². The molecule has 0 radical (unpaired) electrons. The predicted molar refractivity (Wildman–Crippen MR) is 148 cm³/mol. The van der Waals surface area contributed by atoms with Crippen LogP contribution in [0.25, 0.3) is 0 Å². The Morgan fingerprint density at radius 3 is 2.19 bits per heavy atom. The molecular weight excluding hydrogens is 460 g/mol. The van der Waals surface area contributed by atoms with E-state index in [0.717, 1.165) is 31.6 Å². The summed E-state index contributed by atoms with van der Waals surface area (Å²) in [5.74, 6) is 2.68. The smallest absolute Gasteiger partial charge is 0.312 e. The molecule has 5 aliphatic carbocycles. The van der Waals surface area contributed by atoms with Gasteiger partial charge < -0.3 is 14.2 Å². The van der Waals surface area contributed by atoms with Crippen LogP contribution < -0.4 is 0 Å². The van der Waals surface area contributed by atoms with Crippen LogP contribution in [0.2, 0.25) is 0 Å². The van der Waals surface area contributed by atoms with Gasteiger partial charge in [0.1, 0.15) is 0 Å². The number of hydrogen-bond acceptors (Lipinski definition) is 4. The molecule has 7 unspecified atom stereocenters. The molecule has 0 aliphatic heterocycles. The Morgan fingerprint density at radius 1 is 0.811 bits per heavy atom. The minimum atomic E-state index is -0.344. The second kappa shape index (κ2) is 9.08. The Kier molecular flexibility index (Phi) is 6.80. The summed E-state index contributed by atoms with van der Waals surface area (Å²) in [6, 6.07) is 0. The molecule has 5 saturated carbocycles. The van der Waals surface area contributed by atoms with Gasteiger partial charge in [0.05, 0.1) is 25.2 Å². The van der Waals surface area contributed by atoms with Crippen LogP contribution in [0.5, 0.6) is 0 Å². The number of carbonyl (C=O) groups is 1. The lowest BCUT2D eigenvalue weighted by atomic mass is 9.32. The van der Waals surface area contributed by atoms with Crippen LogP contribution >= 0.6 is 0 Å². The number of esters is 1. The molecule has 0 aromatic carbocycles. The number of hydrogen-bond donors (Lipinski definition) is 0. The van der Waals surface area contributed by atoms with E-state index in [0.29, 0.717) is 41.8 Å². The second-order valence-electron chi connectivity index (χ2n) is 15.2. The van der Waals surface area contributed by atoms with E-state index < -0.39 is 0 Å². The van der Waals surface area contributed by atoms with E-state index in [9.17, 15) is 4.79 Å². The van der Waals surface area contributed by atoms with Gasteiger partial charge in [-0.15, -0.1) is 0 Å². The standard InChI is InChI=1S/C33H54O4/c1-21(20-35-7)22-12-17-33(28(34)37-9)19-18-31(5)23(27(22)33)10-11-25-30(4)15-14-26(36-8)29(2,3)24(30)13-16-32(25,31)6/h22-27H,1,10-20H2,2-9H3/t22?,23?,24?,25?,26?,27?,30-,31+,32+,33?/m0/s1. The summed E-state index contributed by atoms with van der Waals surface area (Å²) in [5.41, 5.74) is 1.92. The highest BCUT2D eigenvalue weighted by Crippen LogP contribution is 2.77. The normalized spacial score (nSPS) is 50.3. The highest BCUT2D eigenvalue weighted by atomic mass is 16.5. The highest BCUT2D eigenvalue weighted by molar-refractivity contribution is 5.78. The number of fused-ring (bicyclic) bond motifs is 7. The monoisotopic (exact) mass is 514 g/mol. The SMILES string of the molecule is C=C(COC)C1CCC2(C(=O)OC)CC[C@]3(C)C(CCC4[C@@]5(C)CCC(OC)C(C)(C)C5CC[C@]43C)C12. The zero-order valence-corrected chi connectivity index (χ0v) is 25.1. The third-order valence-corrected chi connectivity index (χ3v) is 14.1. The van der Waals surface area contributed by atoms with E-state index in [-0.39, 0.29) is 27.6 Å². The summed E-state index contributed by atoms with van der Waals surface area (Å²) in [4.78, 5) is 13.5. The Labute approximate surface area is 226 Å². The average Bonchev–Trinajstić information content (AvgIpc) is 3.25. The van der Waals surface area contributed by atoms with Gasteiger partial charge in [-0.05, 0) is 121 Å². The fraction of sp³-hybridized carbons (Fsp3) is 0.909. The molecule has 5 fully saturated rings. The van der Waals surface area contributed by atoms with Gasteiger partial charge in [-0.25, -0.2) is 0 Å². The molecule has 210 valence electrons. The van der Waals surface area contributed by atoms with E-state index in [2.05, 4.69) is 41.2 Å². The molecule has 0 aromatic rings. The van der Waals surface area contributed by atoms with Gasteiger partial charge in [0.15, 0.2) is 0 Å².